The van der Waals surface area contributed by atoms with Gasteiger partial charge in [0.2, 0.25) is 5.09 Å². The maximum atomic E-state index is 12.6. The summed E-state index contributed by atoms with van der Waals surface area (Å²) < 4.78 is 30.8. The van der Waals surface area contributed by atoms with E-state index in [9.17, 15) is 13.2 Å². The predicted octanol–water partition coefficient (Wildman–Crippen LogP) is 2.13. The van der Waals surface area contributed by atoms with Crippen LogP contribution in [0.1, 0.15) is 34.0 Å². The van der Waals surface area contributed by atoms with Crippen molar-refractivity contribution in [3.8, 4) is 0 Å². The molecule has 1 fully saturated rings. The van der Waals surface area contributed by atoms with Crippen LogP contribution in [0.4, 0.5) is 0 Å². The third kappa shape index (κ3) is 3.09. The molecule has 6 nitrogen and oxygen atoms in total. The number of sulfonamides is 1. The molecule has 0 aliphatic carbocycles. The van der Waals surface area contributed by atoms with E-state index < -0.39 is 10.0 Å². The lowest BCUT2D eigenvalue weighted by molar-refractivity contribution is 0.0753. The number of carbonyl (C=O) groups excluding carboxylic acids is 1. The molecule has 128 valence electrons. The lowest BCUT2D eigenvalue weighted by Crippen LogP contribution is -2.28. The fourth-order valence-electron chi connectivity index (χ4n) is 3.08. The third-order valence-corrected chi connectivity index (χ3v) is 5.72. The van der Waals surface area contributed by atoms with Crippen molar-refractivity contribution in [3.63, 3.8) is 0 Å². The average molecular weight is 348 g/mol. The Bertz CT molecular complexity index is 857. The van der Waals surface area contributed by atoms with Gasteiger partial charge in [0.25, 0.3) is 15.9 Å². The first-order chi connectivity index (χ1) is 11.4. The molecule has 3 rings (SSSR count). The van der Waals surface area contributed by atoms with Gasteiger partial charge in [-0.15, -0.1) is 0 Å². The number of amides is 1. The van der Waals surface area contributed by atoms with Gasteiger partial charge < -0.3 is 9.32 Å². The van der Waals surface area contributed by atoms with Crippen LogP contribution >= 0.6 is 0 Å². The highest BCUT2D eigenvalue weighted by Crippen LogP contribution is 2.30. The molecule has 0 radical (unpaired) electrons. The molecule has 1 aliphatic rings. The fourth-order valence-corrected chi connectivity index (χ4v) is 3.73. The van der Waals surface area contributed by atoms with Crippen molar-refractivity contribution in [2.75, 3.05) is 20.1 Å². The smallest absolute Gasteiger partial charge is 0.289 e. The molecule has 1 aliphatic heterocycles. The first-order valence-corrected chi connectivity index (χ1v) is 9.29. The summed E-state index contributed by atoms with van der Waals surface area (Å²) in [5, 5.41) is -0.247. The number of hydrogen-bond donors (Lipinski definition) is 1. The van der Waals surface area contributed by atoms with Crippen LogP contribution in [0.2, 0.25) is 0 Å². The van der Waals surface area contributed by atoms with E-state index in [4.69, 9.17) is 4.42 Å². The number of benzene rings is 1. The van der Waals surface area contributed by atoms with Crippen LogP contribution in [0, 0.1) is 6.92 Å². The highest BCUT2D eigenvalue weighted by atomic mass is 32.2. The van der Waals surface area contributed by atoms with Crippen molar-refractivity contribution in [2.45, 2.75) is 24.4 Å². The lowest BCUT2D eigenvalue weighted by atomic mass is 9.94. The minimum atomic E-state index is -3.68. The zero-order chi connectivity index (χ0) is 17.3. The highest BCUT2D eigenvalue weighted by Gasteiger charge is 2.30. The van der Waals surface area contributed by atoms with E-state index in [-0.39, 0.29) is 16.8 Å². The Morgan fingerprint density at radius 1 is 1.25 bits per heavy atom. The zero-order valence-corrected chi connectivity index (χ0v) is 14.5. The van der Waals surface area contributed by atoms with Crippen LogP contribution < -0.4 is 4.72 Å². The van der Waals surface area contributed by atoms with Crippen molar-refractivity contribution in [1.82, 2.24) is 9.62 Å². The van der Waals surface area contributed by atoms with Crippen LogP contribution in [-0.4, -0.2) is 39.4 Å². The Morgan fingerprint density at radius 3 is 2.71 bits per heavy atom. The Balaban J connectivity index is 1.75. The third-order valence-electron chi connectivity index (χ3n) is 4.43. The van der Waals surface area contributed by atoms with E-state index in [1.165, 1.54) is 30.3 Å². The second kappa shape index (κ2) is 6.41. The van der Waals surface area contributed by atoms with Gasteiger partial charge in [-0.25, -0.2) is 13.1 Å². The fraction of sp³-hybridized carbons (Fsp3) is 0.353. The van der Waals surface area contributed by atoms with Crippen LogP contribution in [0.25, 0.3) is 0 Å². The Labute approximate surface area is 141 Å². The van der Waals surface area contributed by atoms with Gasteiger partial charge in [-0.05, 0) is 43.7 Å². The molecule has 1 aromatic carbocycles. The molecule has 0 spiro atoms. The molecule has 1 aromatic heterocycles. The maximum absolute atomic E-state index is 12.6. The molecule has 0 bridgehead atoms. The molecule has 24 heavy (non-hydrogen) atoms. The Morgan fingerprint density at radius 2 is 2.00 bits per heavy atom. The topological polar surface area (TPSA) is 79.6 Å². The van der Waals surface area contributed by atoms with Gasteiger partial charge in [0.1, 0.15) is 0 Å². The summed E-state index contributed by atoms with van der Waals surface area (Å²) in [6.45, 7) is 3.31. The summed E-state index contributed by atoms with van der Waals surface area (Å²) >= 11 is 0. The van der Waals surface area contributed by atoms with Crippen molar-refractivity contribution in [3.05, 3.63) is 53.3 Å². The first kappa shape index (κ1) is 16.7. The van der Waals surface area contributed by atoms with Crippen LogP contribution in [0.5, 0.6) is 0 Å². The molecule has 7 heteroatoms. The SMILES string of the molecule is CNS(=O)(=O)c1ccc(C(=O)N2CCC(c3ccccc3C)C2)o1. The van der Waals surface area contributed by atoms with E-state index in [1.54, 1.807) is 4.90 Å². The molecule has 1 saturated heterocycles. The van der Waals surface area contributed by atoms with E-state index >= 15 is 0 Å². The molecule has 2 heterocycles. The number of aryl methyl sites for hydroxylation is 1. The van der Waals surface area contributed by atoms with E-state index in [0.717, 1.165) is 6.42 Å². The van der Waals surface area contributed by atoms with Crippen LogP contribution in [0.3, 0.4) is 0 Å². The van der Waals surface area contributed by atoms with E-state index in [1.807, 2.05) is 12.1 Å². The quantitative estimate of drug-likeness (QED) is 0.918. The van der Waals surface area contributed by atoms with Gasteiger partial charge in [-0.3, -0.25) is 4.79 Å². The molecule has 1 unspecified atom stereocenters. The molecule has 2 aromatic rings. The minimum absolute atomic E-state index is 0.0502. The summed E-state index contributed by atoms with van der Waals surface area (Å²) in [7, 11) is -2.38. The summed E-state index contributed by atoms with van der Waals surface area (Å²) in [4.78, 5) is 14.3. The summed E-state index contributed by atoms with van der Waals surface area (Å²) in [5.41, 5.74) is 2.47. The van der Waals surface area contributed by atoms with Gasteiger partial charge in [-0.1, -0.05) is 24.3 Å². The number of nitrogens with zero attached hydrogens (tertiary/aromatic N) is 1. The van der Waals surface area contributed by atoms with Crippen molar-refractivity contribution >= 4 is 15.9 Å². The van der Waals surface area contributed by atoms with E-state index in [2.05, 4.69) is 23.8 Å². The molecule has 1 atom stereocenters. The largest absolute Gasteiger partial charge is 0.438 e. The second-order valence-corrected chi connectivity index (χ2v) is 7.74. The van der Waals surface area contributed by atoms with Gasteiger partial charge >= 0.3 is 0 Å². The zero-order valence-electron chi connectivity index (χ0n) is 13.7. The summed E-state index contributed by atoms with van der Waals surface area (Å²) in [6, 6.07) is 10.9. The molecular weight excluding hydrogens is 328 g/mol. The average Bonchev–Trinajstić information content (AvgIpc) is 3.24. The minimum Gasteiger partial charge on any atom is -0.438 e. The summed E-state index contributed by atoms with van der Waals surface area (Å²) in [5.74, 6) is 0.0727. The van der Waals surface area contributed by atoms with Gasteiger partial charge in [0, 0.05) is 19.0 Å². The van der Waals surface area contributed by atoms with Crippen molar-refractivity contribution in [1.29, 1.82) is 0 Å². The Kier molecular flexibility index (Phi) is 4.47. The van der Waals surface area contributed by atoms with Crippen LogP contribution in [-0.2, 0) is 10.0 Å². The highest BCUT2D eigenvalue weighted by molar-refractivity contribution is 7.89. The number of likely N-dealkylation sites (tertiary alicyclic amines) is 1. The monoisotopic (exact) mass is 348 g/mol. The molecule has 1 amide bonds. The normalized spacial score (nSPS) is 18.1. The van der Waals surface area contributed by atoms with Gasteiger partial charge in [-0.2, -0.15) is 0 Å². The van der Waals surface area contributed by atoms with Crippen molar-refractivity contribution in [2.24, 2.45) is 0 Å². The van der Waals surface area contributed by atoms with E-state index in [0.29, 0.717) is 19.0 Å². The number of furan rings is 1. The number of carbonyl (C=O) groups is 1. The predicted molar refractivity (Wildman–Crippen MR) is 89.4 cm³/mol. The lowest BCUT2D eigenvalue weighted by Gasteiger charge is -2.16. The Hall–Kier alpha value is -2.12. The number of nitrogens with one attached hydrogen (secondary N) is 1. The molecule has 0 saturated carbocycles. The van der Waals surface area contributed by atoms with Crippen LogP contribution in [0.15, 0.2) is 45.9 Å². The van der Waals surface area contributed by atoms with Gasteiger partial charge in [0.05, 0.1) is 0 Å². The van der Waals surface area contributed by atoms with Crippen molar-refractivity contribution < 1.29 is 17.6 Å². The number of rotatable bonds is 4. The maximum Gasteiger partial charge on any atom is 0.289 e. The molecular formula is C17H20N2O4S. The summed E-state index contributed by atoms with van der Waals surface area (Å²) in [6.07, 6.45) is 0.888. The second-order valence-electron chi connectivity index (χ2n) is 5.92. The first-order valence-electron chi connectivity index (χ1n) is 7.80. The van der Waals surface area contributed by atoms with Gasteiger partial charge in [0.15, 0.2) is 5.76 Å². The number of hydrogen-bond acceptors (Lipinski definition) is 4. The molecule has 1 N–H and O–H groups in total. The standard InChI is InChI=1S/C17H20N2O4S/c1-12-5-3-4-6-14(12)13-9-10-19(11-13)17(20)15-7-8-16(23-15)24(21,22)18-2/h3-8,13,18H,9-11H2,1-2H3.